The SMILES string of the molecule is C[C@]1(C(F)(F)F)SC(=NC[C@H]2C[C@@H]3CC[C@H]2C3)NC1=O. The second-order valence-corrected chi connectivity index (χ2v) is 7.58. The summed E-state index contributed by atoms with van der Waals surface area (Å²) < 4.78 is 36.3. The van der Waals surface area contributed by atoms with Gasteiger partial charge in [0.1, 0.15) is 0 Å². The largest absolute Gasteiger partial charge is 0.412 e. The van der Waals surface area contributed by atoms with Gasteiger partial charge in [0.05, 0.1) is 0 Å². The van der Waals surface area contributed by atoms with E-state index in [1.54, 1.807) is 0 Å². The highest BCUT2D eigenvalue weighted by molar-refractivity contribution is 8.16. The number of carbonyl (C=O) groups is 1. The van der Waals surface area contributed by atoms with Crippen molar-refractivity contribution in [2.45, 2.75) is 43.5 Å². The summed E-state index contributed by atoms with van der Waals surface area (Å²) in [6.45, 7) is 1.45. The van der Waals surface area contributed by atoms with Gasteiger partial charge in [-0.1, -0.05) is 18.2 Å². The van der Waals surface area contributed by atoms with Crippen LogP contribution in [0.1, 0.15) is 32.6 Å². The van der Waals surface area contributed by atoms with Crippen LogP contribution >= 0.6 is 11.8 Å². The Hall–Kier alpha value is -0.720. The second kappa shape index (κ2) is 4.64. The average Bonchev–Trinajstić information content (AvgIpc) is 3.01. The van der Waals surface area contributed by atoms with E-state index < -0.39 is 16.8 Å². The molecule has 3 rings (SSSR count). The summed E-state index contributed by atoms with van der Waals surface area (Å²) in [5.41, 5.74) is 0. The molecule has 0 unspecified atom stereocenters. The van der Waals surface area contributed by atoms with Crippen molar-refractivity contribution in [3.63, 3.8) is 0 Å². The number of rotatable bonds is 2. The van der Waals surface area contributed by atoms with Gasteiger partial charge in [0.15, 0.2) is 9.91 Å². The Labute approximate surface area is 119 Å². The van der Waals surface area contributed by atoms with Gasteiger partial charge in [-0.3, -0.25) is 9.79 Å². The zero-order valence-electron chi connectivity index (χ0n) is 11.2. The van der Waals surface area contributed by atoms with Crippen LogP contribution in [0.2, 0.25) is 0 Å². The molecule has 0 radical (unpaired) electrons. The molecular formula is C13H17F3N2OS. The average molecular weight is 306 g/mol. The van der Waals surface area contributed by atoms with Gasteiger partial charge in [0.25, 0.3) is 5.91 Å². The number of halogens is 3. The van der Waals surface area contributed by atoms with E-state index in [-0.39, 0.29) is 5.17 Å². The number of alkyl halides is 3. The Morgan fingerprint density at radius 1 is 1.40 bits per heavy atom. The van der Waals surface area contributed by atoms with Gasteiger partial charge in [-0.25, -0.2) is 0 Å². The second-order valence-electron chi connectivity index (χ2n) is 6.17. The van der Waals surface area contributed by atoms with E-state index >= 15 is 0 Å². The summed E-state index contributed by atoms with van der Waals surface area (Å²) in [5.74, 6) is 0.940. The molecule has 4 atom stereocenters. The highest BCUT2D eigenvalue weighted by atomic mass is 32.2. The van der Waals surface area contributed by atoms with Crippen LogP contribution in [0, 0.1) is 17.8 Å². The van der Waals surface area contributed by atoms with Crippen molar-refractivity contribution < 1.29 is 18.0 Å². The molecule has 2 bridgehead atoms. The van der Waals surface area contributed by atoms with Crippen LogP contribution < -0.4 is 5.32 Å². The van der Waals surface area contributed by atoms with Crippen LogP contribution in [0.3, 0.4) is 0 Å². The predicted octanol–water partition coefficient (Wildman–Crippen LogP) is 2.96. The van der Waals surface area contributed by atoms with Crippen molar-refractivity contribution in [3.8, 4) is 0 Å². The smallest absolute Gasteiger partial charge is 0.304 e. The lowest BCUT2D eigenvalue weighted by Gasteiger charge is -2.22. The molecule has 1 N–H and O–H groups in total. The Balaban J connectivity index is 1.65. The number of carbonyl (C=O) groups excluding carboxylic acids is 1. The number of nitrogens with one attached hydrogen (secondary N) is 1. The van der Waals surface area contributed by atoms with E-state index in [4.69, 9.17) is 0 Å². The number of thioether (sulfide) groups is 1. The maximum Gasteiger partial charge on any atom is 0.412 e. The van der Waals surface area contributed by atoms with Gasteiger partial charge in [0, 0.05) is 6.54 Å². The molecule has 2 saturated carbocycles. The van der Waals surface area contributed by atoms with Crippen LogP contribution in [-0.4, -0.2) is 28.5 Å². The van der Waals surface area contributed by atoms with E-state index in [0.29, 0.717) is 30.1 Å². The van der Waals surface area contributed by atoms with Gasteiger partial charge in [0.2, 0.25) is 0 Å². The zero-order chi connectivity index (χ0) is 14.5. The molecule has 1 saturated heterocycles. The molecule has 1 aliphatic heterocycles. The maximum atomic E-state index is 12.9. The van der Waals surface area contributed by atoms with Gasteiger partial charge in [-0.2, -0.15) is 13.2 Å². The highest BCUT2D eigenvalue weighted by Crippen LogP contribution is 2.49. The predicted molar refractivity (Wildman–Crippen MR) is 71.4 cm³/mol. The first-order valence-electron chi connectivity index (χ1n) is 6.91. The van der Waals surface area contributed by atoms with Crippen LogP contribution in [0.15, 0.2) is 4.99 Å². The molecule has 1 amide bonds. The minimum Gasteiger partial charge on any atom is -0.304 e. The molecule has 0 aromatic carbocycles. The van der Waals surface area contributed by atoms with E-state index in [2.05, 4.69) is 10.3 Å². The molecule has 1 heterocycles. The van der Waals surface area contributed by atoms with Crippen LogP contribution in [-0.2, 0) is 4.79 Å². The monoisotopic (exact) mass is 306 g/mol. The topological polar surface area (TPSA) is 41.5 Å². The Bertz CT molecular complexity index is 465. The van der Waals surface area contributed by atoms with E-state index in [0.717, 1.165) is 19.3 Å². The molecule has 3 fully saturated rings. The third-order valence-electron chi connectivity index (χ3n) is 4.85. The van der Waals surface area contributed by atoms with Crippen molar-refractivity contribution in [3.05, 3.63) is 0 Å². The summed E-state index contributed by atoms with van der Waals surface area (Å²) in [4.78, 5) is 15.8. The van der Waals surface area contributed by atoms with Crippen LogP contribution in [0.5, 0.6) is 0 Å². The van der Waals surface area contributed by atoms with Gasteiger partial charge >= 0.3 is 6.18 Å². The molecule has 0 spiro atoms. The minimum absolute atomic E-state index is 0.123. The molecule has 2 aliphatic carbocycles. The fraction of sp³-hybridized carbons (Fsp3) is 0.846. The fourth-order valence-electron chi connectivity index (χ4n) is 3.54. The number of aliphatic imine (C=N–C) groups is 1. The van der Waals surface area contributed by atoms with Crippen molar-refractivity contribution in [2.75, 3.05) is 6.54 Å². The minimum atomic E-state index is -4.56. The zero-order valence-corrected chi connectivity index (χ0v) is 12.0. The first-order chi connectivity index (χ1) is 9.29. The summed E-state index contributed by atoms with van der Waals surface area (Å²) >= 11 is 0.496. The first kappa shape index (κ1) is 14.2. The van der Waals surface area contributed by atoms with Gasteiger partial charge < -0.3 is 5.32 Å². The van der Waals surface area contributed by atoms with Gasteiger partial charge in [-0.15, -0.1) is 0 Å². The number of amidine groups is 1. The lowest BCUT2D eigenvalue weighted by molar-refractivity contribution is -0.166. The highest BCUT2D eigenvalue weighted by Gasteiger charge is 2.61. The maximum absolute atomic E-state index is 12.9. The standard InChI is InChI=1S/C13H17F3N2OS/c1-12(13(14,15)16)10(19)18-11(20-12)17-6-9-5-7-2-3-8(9)4-7/h7-9H,2-6H2,1H3,(H,17,18,19)/t7-,8+,9-,12+/m1/s1. The number of amides is 1. The molecular weight excluding hydrogens is 289 g/mol. The fourth-order valence-corrected chi connectivity index (χ4v) is 4.47. The molecule has 7 heteroatoms. The molecule has 20 heavy (non-hydrogen) atoms. The van der Waals surface area contributed by atoms with Crippen molar-refractivity contribution in [2.24, 2.45) is 22.7 Å². The summed E-state index contributed by atoms with van der Waals surface area (Å²) in [5, 5.41) is 2.40. The van der Waals surface area contributed by atoms with Crippen molar-refractivity contribution in [1.29, 1.82) is 0 Å². The quantitative estimate of drug-likeness (QED) is 0.852. The van der Waals surface area contributed by atoms with E-state index in [9.17, 15) is 18.0 Å². The number of nitrogens with zero attached hydrogens (tertiary/aromatic N) is 1. The third kappa shape index (κ3) is 2.23. The van der Waals surface area contributed by atoms with E-state index in [1.165, 1.54) is 19.3 Å². The normalized spacial score (nSPS) is 42.5. The Kier molecular flexibility index (Phi) is 3.30. The molecule has 0 aromatic heterocycles. The number of hydrogen-bond acceptors (Lipinski definition) is 3. The van der Waals surface area contributed by atoms with Crippen LogP contribution in [0.25, 0.3) is 0 Å². The molecule has 0 aromatic rings. The number of fused-ring (bicyclic) bond motifs is 2. The summed E-state index contributed by atoms with van der Waals surface area (Å²) in [6, 6.07) is 0. The van der Waals surface area contributed by atoms with Crippen molar-refractivity contribution >= 4 is 22.8 Å². The Morgan fingerprint density at radius 2 is 2.15 bits per heavy atom. The van der Waals surface area contributed by atoms with E-state index in [1.807, 2.05) is 0 Å². The van der Waals surface area contributed by atoms with Crippen molar-refractivity contribution in [1.82, 2.24) is 5.32 Å². The molecule has 3 aliphatic rings. The molecule has 3 nitrogen and oxygen atoms in total. The lowest BCUT2D eigenvalue weighted by Crippen LogP contribution is -2.46. The first-order valence-corrected chi connectivity index (χ1v) is 7.73. The summed E-state index contributed by atoms with van der Waals surface area (Å²) in [6.07, 6.45) is 0.326. The van der Waals surface area contributed by atoms with Crippen LogP contribution in [0.4, 0.5) is 13.2 Å². The third-order valence-corrected chi connectivity index (χ3v) is 6.10. The number of hydrogen-bond donors (Lipinski definition) is 1. The Morgan fingerprint density at radius 3 is 2.65 bits per heavy atom. The summed E-state index contributed by atoms with van der Waals surface area (Å²) in [7, 11) is 0. The van der Waals surface area contributed by atoms with Gasteiger partial charge in [-0.05, 0) is 43.9 Å². The molecule has 112 valence electrons. The lowest BCUT2D eigenvalue weighted by atomic mass is 9.89.